The van der Waals surface area contributed by atoms with Gasteiger partial charge in [-0.1, -0.05) is 48.5 Å². The maximum atomic E-state index is 6.67. The van der Waals surface area contributed by atoms with Crippen molar-refractivity contribution in [1.82, 2.24) is 0 Å². The molecule has 0 unspecified atom stereocenters. The average molecular weight is 281 g/mol. The van der Waals surface area contributed by atoms with E-state index in [1.54, 1.807) is 0 Å². The molecule has 0 aliphatic carbocycles. The van der Waals surface area contributed by atoms with Crippen molar-refractivity contribution in [2.24, 2.45) is 0 Å². The van der Waals surface area contributed by atoms with Crippen molar-refractivity contribution < 1.29 is 0 Å². The molecule has 0 aromatic heterocycles. The van der Waals surface area contributed by atoms with Crippen LogP contribution in [0.2, 0.25) is 0 Å². The fraction of sp³-hybridized carbons (Fsp3) is 0.143. The molecule has 3 heteroatoms. The van der Waals surface area contributed by atoms with Crippen LogP contribution in [0.25, 0.3) is 0 Å². The molecule has 2 aromatic carbocycles. The highest BCUT2D eigenvalue weighted by Gasteiger charge is 2.34. The molecule has 17 heavy (non-hydrogen) atoms. The average Bonchev–Trinajstić information content (AvgIpc) is 2.33. The van der Waals surface area contributed by atoms with Gasteiger partial charge in [0, 0.05) is 0 Å². The smallest absolute Gasteiger partial charge is 0.134 e. The summed E-state index contributed by atoms with van der Waals surface area (Å²) in [6.07, 6.45) is 0. The molecule has 0 atom stereocenters. The topological polar surface area (TPSA) is 0 Å². The fourth-order valence-corrected chi connectivity index (χ4v) is 5.77. The van der Waals surface area contributed by atoms with Gasteiger partial charge in [0.25, 0.3) is 0 Å². The second kappa shape index (κ2) is 4.85. The first kappa shape index (κ1) is 12.7. The molecule has 0 saturated carbocycles. The molecule has 0 N–H and O–H groups in total. The zero-order valence-corrected chi connectivity index (χ0v) is 12.4. The molecule has 0 amide bonds. The largest absolute Gasteiger partial charge is 0.310 e. The summed E-state index contributed by atoms with van der Waals surface area (Å²) in [6.45, 7) is 1.58. The van der Waals surface area contributed by atoms with E-state index in [0.717, 1.165) is 10.4 Å². The van der Waals surface area contributed by atoms with Gasteiger partial charge >= 0.3 is 6.69 Å². The first-order chi connectivity index (χ1) is 8.03. The molecule has 0 aliphatic heterocycles. The van der Waals surface area contributed by atoms with Crippen molar-refractivity contribution >= 4 is 39.2 Å². The van der Waals surface area contributed by atoms with Crippen LogP contribution < -0.4 is 10.4 Å². The van der Waals surface area contributed by atoms with Crippen LogP contribution in [-0.4, -0.2) is 6.69 Å². The lowest BCUT2D eigenvalue weighted by Crippen LogP contribution is -2.49. The van der Waals surface area contributed by atoms with Gasteiger partial charge in [0.05, 0.1) is 0 Å². The van der Waals surface area contributed by atoms with Crippen molar-refractivity contribution in [2.45, 2.75) is 13.8 Å². The summed E-state index contributed by atoms with van der Waals surface area (Å²) in [5.74, 6) is 0. The van der Waals surface area contributed by atoms with E-state index in [1.165, 1.54) is 11.1 Å². The van der Waals surface area contributed by atoms with Crippen LogP contribution in [0.1, 0.15) is 11.1 Å². The van der Waals surface area contributed by atoms with Crippen LogP contribution in [0.15, 0.2) is 48.5 Å². The molecule has 0 fully saturated rings. The van der Waals surface area contributed by atoms with Gasteiger partial charge in [-0.2, -0.15) is 0 Å². The third kappa shape index (κ3) is 2.42. The molecule has 2 rings (SSSR count). The Morgan fingerprint density at radius 3 is 2.12 bits per heavy atom. The quantitative estimate of drug-likeness (QED) is 0.585. The van der Waals surface area contributed by atoms with Gasteiger partial charge in [-0.25, -0.2) is 0 Å². The summed E-state index contributed by atoms with van der Waals surface area (Å²) < 4.78 is 0. The van der Waals surface area contributed by atoms with E-state index in [-0.39, 0.29) is 0 Å². The highest BCUT2D eigenvalue weighted by atomic mass is 35.7. The Labute approximate surface area is 113 Å². The predicted molar refractivity (Wildman–Crippen MR) is 79.1 cm³/mol. The number of halogens is 2. The highest BCUT2D eigenvalue weighted by Crippen LogP contribution is 2.18. The Hall–Kier alpha value is -0.763. The van der Waals surface area contributed by atoms with E-state index >= 15 is 0 Å². The van der Waals surface area contributed by atoms with E-state index in [0.29, 0.717) is 0 Å². The Morgan fingerprint density at radius 2 is 1.47 bits per heavy atom. The summed E-state index contributed by atoms with van der Waals surface area (Å²) in [7, 11) is 0. The van der Waals surface area contributed by atoms with Gasteiger partial charge in [0.2, 0.25) is 0 Å². The number of hydrogen-bond donors (Lipinski definition) is 0. The Bertz CT molecular complexity index is 521. The third-order valence-corrected chi connectivity index (χ3v) is 7.89. The van der Waals surface area contributed by atoms with Gasteiger partial charge < -0.3 is 0 Å². The monoisotopic (exact) mass is 280 g/mol. The van der Waals surface area contributed by atoms with Crippen LogP contribution >= 0.6 is 22.2 Å². The SMILES string of the molecule is Cc1cccc([Si](Cl)(Cl)c2ccccc2)c1C. The van der Waals surface area contributed by atoms with Crippen LogP contribution in [0.3, 0.4) is 0 Å². The van der Waals surface area contributed by atoms with Crippen molar-refractivity contribution in [3.63, 3.8) is 0 Å². The van der Waals surface area contributed by atoms with Crippen molar-refractivity contribution in [1.29, 1.82) is 0 Å². The van der Waals surface area contributed by atoms with Crippen molar-refractivity contribution in [3.8, 4) is 0 Å². The summed E-state index contributed by atoms with van der Waals surface area (Å²) in [4.78, 5) is 0. The highest BCUT2D eigenvalue weighted by molar-refractivity contribution is 7.56. The van der Waals surface area contributed by atoms with Crippen molar-refractivity contribution in [3.05, 3.63) is 59.7 Å². The van der Waals surface area contributed by atoms with Gasteiger partial charge in [0.1, 0.15) is 0 Å². The van der Waals surface area contributed by atoms with Crippen LogP contribution in [0.5, 0.6) is 0 Å². The normalized spacial score (nSPS) is 11.5. The molecule has 0 saturated heterocycles. The molecule has 2 aromatic rings. The standard InChI is InChI=1S/C14H14Cl2Si/c1-11-7-6-10-14(12(11)2)17(15,16)13-8-4-3-5-9-13/h3-10H,1-2H3. The van der Waals surface area contributed by atoms with Crippen molar-refractivity contribution in [2.75, 3.05) is 0 Å². The van der Waals surface area contributed by atoms with Crippen LogP contribution in [0.4, 0.5) is 0 Å². The van der Waals surface area contributed by atoms with E-state index in [1.807, 2.05) is 42.5 Å². The Kier molecular flexibility index (Phi) is 3.62. The molecule has 0 bridgehead atoms. The molecule has 0 radical (unpaired) electrons. The van der Waals surface area contributed by atoms with Gasteiger partial charge in [-0.15, -0.1) is 22.2 Å². The molecule has 0 heterocycles. The zero-order valence-electron chi connectivity index (χ0n) is 9.87. The summed E-state index contributed by atoms with van der Waals surface area (Å²) in [5.41, 5.74) is 2.43. The number of hydrogen-bond acceptors (Lipinski definition) is 0. The van der Waals surface area contributed by atoms with Gasteiger partial charge in [-0.3, -0.25) is 0 Å². The predicted octanol–water partition coefficient (Wildman–Crippen LogP) is 3.34. The summed E-state index contributed by atoms with van der Waals surface area (Å²) in [6, 6.07) is 16.1. The van der Waals surface area contributed by atoms with E-state index in [9.17, 15) is 0 Å². The molecule has 88 valence electrons. The second-order valence-corrected chi connectivity index (χ2v) is 10.4. The zero-order chi connectivity index (χ0) is 12.5. The fourth-order valence-electron chi connectivity index (χ4n) is 1.89. The molecular weight excluding hydrogens is 267 g/mol. The number of benzene rings is 2. The van der Waals surface area contributed by atoms with Gasteiger partial charge in [0.15, 0.2) is 0 Å². The second-order valence-electron chi connectivity index (χ2n) is 4.19. The maximum Gasteiger partial charge on any atom is 0.310 e. The van der Waals surface area contributed by atoms with E-state index in [4.69, 9.17) is 22.2 Å². The van der Waals surface area contributed by atoms with E-state index < -0.39 is 6.69 Å². The summed E-state index contributed by atoms with van der Waals surface area (Å²) >= 11 is 13.3. The Balaban J connectivity index is 2.56. The molecular formula is C14H14Cl2Si. The van der Waals surface area contributed by atoms with E-state index in [2.05, 4.69) is 19.9 Å². The molecule has 0 aliphatic rings. The van der Waals surface area contributed by atoms with Crippen LogP contribution in [0, 0.1) is 13.8 Å². The summed E-state index contributed by atoms with van der Waals surface area (Å²) in [5, 5.41) is 2.13. The minimum atomic E-state index is -2.59. The molecule has 0 spiro atoms. The first-order valence-electron chi connectivity index (χ1n) is 5.53. The first-order valence-corrected chi connectivity index (χ1v) is 9.56. The maximum absolute atomic E-state index is 6.67. The minimum Gasteiger partial charge on any atom is -0.134 e. The molecule has 0 nitrogen and oxygen atoms in total. The van der Waals surface area contributed by atoms with Gasteiger partial charge in [-0.05, 0) is 35.3 Å². The lowest BCUT2D eigenvalue weighted by molar-refractivity contribution is 1.36. The van der Waals surface area contributed by atoms with Crippen LogP contribution in [-0.2, 0) is 0 Å². The minimum absolute atomic E-state index is 1.04. The Morgan fingerprint density at radius 1 is 0.824 bits per heavy atom. The number of rotatable bonds is 2. The third-order valence-electron chi connectivity index (χ3n) is 3.08. The lowest BCUT2D eigenvalue weighted by atomic mass is 10.1. The number of aryl methyl sites for hydroxylation is 1. The lowest BCUT2D eigenvalue weighted by Gasteiger charge is -2.20.